The number of carbonyl (C=O) groups is 1. The van der Waals surface area contributed by atoms with Gasteiger partial charge in [-0.1, -0.05) is 37.5 Å². The van der Waals surface area contributed by atoms with Crippen LogP contribution in [0.25, 0.3) is 10.2 Å². The van der Waals surface area contributed by atoms with Crippen LogP contribution in [-0.2, 0) is 10.0 Å². The molecule has 0 N–H and O–H groups in total. The second kappa shape index (κ2) is 11.3. The molecule has 1 aromatic heterocycles. The van der Waals surface area contributed by atoms with E-state index in [4.69, 9.17) is 4.98 Å². The first-order chi connectivity index (χ1) is 17.9. The van der Waals surface area contributed by atoms with Crippen LogP contribution in [0.3, 0.4) is 0 Å². The van der Waals surface area contributed by atoms with Crippen molar-refractivity contribution in [1.82, 2.24) is 14.2 Å². The number of carbonyl (C=O) groups excluding carboxylic acids is 1. The van der Waals surface area contributed by atoms with E-state index >= 15 is 0 Å². The molecule has 0 spiro atoms. The lowest BCUT2D eigenvalue weighted by Crippen LogP contribution is -2.48. The molecule has 198 valence electrons. The normalized spacial score (nSPS) is 17.6. The molecule has 0 atom stereocenters. The number of benzene rings is 2. The summed E-state index contributed by atoms with van der Waals surface area (Å²) >= 11 is 3.42. The largest absolute Gasteiger partial charge is 0.345 e. The van der Waals surface area contributed by atoms with Crippen LogP contribution >= 0.6 is 23.1 Å². The van der Waals surface area contributed by atoms with E-state index in [1.54, 1.807) is 51.7 Å². The molecule has 1 saturated heterocycles. The number of thiazole rings is 1. The quantitative estimate of drug-likeness (QED) is 0.365. The summed E-state index contributed by atoms with van der Waals surface area (Å²) in [5.74, 6) is -0.0582. The van der Waals surface area contributed by atoms with Gasteiger partial charge in [-0.25, -0.2) is 13.4 Å². The molecule has 0 bridgehead atoms. The summed E-state index contributed by atoms with van der Waals surface area (Å²) in [5.41, 5.74) is 1.54. The molecule has 0 unspecified atom stereocenters. The van der Waals surface area contributed by atoms with Crippen LogP contribution in [0.15, 0.2) is 52.3 Å². The topological polar surface area (TPSA) is 73.8 Å². The van der Waals surface area contributed by atoms with Crippen LogP contribution in [-0.4, -0.2) is 73.5 Å². The number of nitrogens with zero attached hydrogens (tertiary/aromatic N) is 4. The number of hydrogen-bond donors (Lipinski definition) is 0. The molecule has 2 fully saturated rings. The van der Waals surface area contributed by atoms with Gasteiger partial charge in [-0.05, 0) is 61.6 Å². The highest BCUT2D eigenvalue weighted by Crippen LogP contribution is 2.32. The van der Waals surface area contributed by atoms with Crippen LogP contribution in [0.4, 0.5) is 5.13 Å². The zero-order chi connectivity index (χ0) is 26.0. The third-order valence-electron chi connectivity index (χ3n) is 7.42. The van der Waals surface area contributed by atoms with Gasteiger partial charge >= 0.3 is 0 Å². The lowest BCUT2D eigenvalue weighted by atomic mass is 9.95. The number of fused-ring (bicyclic) bond motifs is 1. The first kappa shape index (κ1) is 26.5. The minimum atomic E-state index is -3.58. The van der Waals surface area contributed by atoms with Gasteiger partial charge in [0, 0.05) is 49.2 Å². The Bertz CT molecular complexity index is 1340. The van der Waals surface area contributed by atoms with E-state index in [0.717, 1.165) is 49.4 Å². The number of hydrogen-bond acceptors (Lipinski definition) is 7. The molecule has 2 aromatic carbocycles. The molecule has 1 saturated carbocycles. The van der Waals surface area contributed by atoms with E-state index in [-0.39, 0.29) is 16.8 Å². The lowest BCUT2D eigenvalue weighted by Gasteiger charge is -2.34. The Labute approximate surface area is 227 Å². The summed E-state index contributed by atoms with van der Waals surface area (Å²) in [6.07, 6.45) is 7.25. The summed E-state index contributed by atoms with van der Waals surface area (Å²) < 4.78 is 29.5. The molecular weight excluding hydrogens is 525 g/mol. The molecule has 0 radical (unpaired) electrons. The van der Waals surface area contributed by atoms with Crippen molar-refractivity contribution >= 4 is 54.4 Å². The predicted molar refractivity (Wildman–Crippen MR) is 152 cm³/mol. The molecule has 1 aliphatic carbocycles. The van der Waals surface area contributed by atoms with Crippen molar-refractivity contribution in [2.24, 2.45) is 0 Å². The number of amides is 1. The van der Waals surface area contributed by atoms with Gasteiger partial charge in [0.05, 0.1) is 15.1 Å². The summed E-state index contributed by atoms with van der Waals surface area (Å²) in [6.45, 7) is 5.03. The molecule has 2 heterocycles. The van der Waals surface area contributed by atoms with E-state index in [2.05, 4.69) is 29.4 Å². The molecule has 1 amide bonds. The Morgan fingerprint density at radius 2 is 1.76 bits per heavy atom. The van der Waals surface area contributed by atoms with Crippen LogP contribution in [0.2, 0.25) is 0 Å². The Hall–Kier alpha value is -2.14. The van der Waals surface area contributed by atoms with Crippen LogP contribution < -0.4 is 4.90 Å². The van der Waals surface area contributed by atoms with Gasteiger partial charge in [0.2, 0.25) is 10.0 Å². The highest BCUT2D eigenvalue weighted by Gasteiger charge is 2.31. The summed E-state index contributed by atoms with van der Waals surface area (Å²) in [5, 5.41) is 0.994. The highest BCUT2D eigenvalue weighted by molar-refractivity contribution is 7.98. The number of piperazine rings is 1. The first-order valence-electron chi connectivity index (χ1n) is 13.0. The summed E-state index contributed by atoms with van der Waals surface area (Å²) in [4.78, 5) is 23.6. The fourth-order valence-corrected chi connectivity index (χ4v) is 8.60. The average Bonchev–Trinajstić information content (AvgIpc) is 3.37. The molecule has 1 aliphatic heterocycles. The standard InChI is InChI=1S/C27H34N4O3S3/c1-3-31(21-7-5-4-6-8-21)37(33,34)23-12-9-20(10-13-23)26(32)29-15-17-30(18-16-29)27-28-24-14-11-22(35-2)19-25(24)36-27/h9-14,19,21H,3-8,15-18H2,1-2H3. The second-order valence-corrected chi connectivity index (χ2v) is 13.4. The van der Waals surface area contributed by atoms with Crippen molar-refractivity contribution in [2.45, 2.75) is 54.9 Å². The molecule has 5 rings (SSSR count). The maximum atomic E-state index is 13.3. The summed E-state index contributed by atoms with van der Waals surface area (Å²) in [7, 11) is -3.58. The van der Waals surface area contributed by atoms with Gasteiger partial charge < -0.3 is 9.80 Å². The van der Waals surface area contributed by atoms with Crippen molar-refractivity contribution < 1.29 is 13.2 Å². The molecule has 3 aromatic rings. The number of anilines is 1. The number of thioether (sulfide) groups is 1. The van der Waals surface area contributed by atoms with Crippen molar-refractivity contribution in [3.8, 4) is 0 Å². The SMILES string of the molecule is CCN(C1CCCCC1)S(=O)(=O)c1ccc(C(=O)N2CCN(c3nc4ccc(SC)cc4s3)CC2)cc1. The smallest absolute Gasteiger partial charge is 0.253 e. The van der Waals surface area contributed by atoms with Gasteiger partial charge in [0.15, 0.2) is 5.13 Å². The zero-order valence-corrected chi connectivity index (χ0v) is 23.9. The van der Waals surface area contributed by atoms with Gasteiger partial charge in [-0.2, -0.15) is 4.31 Å². The zero-order valence-electron chi connectivity index (χ0n) is 21.4. The third kappa shape index (κ3) is 5.53. The average molecular weight is 559 g/mol. The minimum absolute atomic E-state index is 0.0582. The van der Waals surface area contributed by atoms with Gasteiger partial charge in [0.25, 0.3) is 5.91 Å². The molecule has 2 aliphatic rings. The van der Waals surface area contributed by atoms with E-state index in [9.17, 15) is 13.2 Å². The van der Waals surface area contributed by atoms with E-state index in [1.807, 2.05) is 11.8 Å². The van der Waals surface area contributed by atoms with E-state index in [1.165, 1.54) is 16.0 Å². The summed E-state index contributed by atoms with van der Waals surface area (Å²) in [6, 6.07) is 12.9. The highest BCUT2D eigenvalue weighted by atomic mass is 32.2. The Morgan fingerprint density at radius 3 is 2.41 bits per heavy atom. The van der Waals surface area contributed by atoms with Crippen LogP contribution in [0.5, 0.6) is 0 Å². The first-order valence-corrected chi connectivity index (χ1v) is 16.5. The predicted octanol–water partition coefficient (Wildman–Crippen LogP) is 5.32. The lowest BCUT2D eigenvalue weighted by molar-refractivity contribution is 0.0746. The molecule has 7 nitrogen and oxygen atoms in total. The second-order valence-electron chi connectivity index (χ2n) is 9.63. The van der Waals surface area contributed by atoms with Crippen molar-refractivity contribution in [3.05, 3.63) is 48.0 Å². The molecular formula is C27H34N4O3S3. The Morgan fingerprint density at radius 1 is 1.05 bits per heavy atom. The van der Waals surface area contributed by atoms with E-state index < -0.39 is 10.0 Å². The fraction of sp³-hybridized carbons (Fsp3) is 0.481. The fourth-order valence-electron chi connectivity index (χ4n) is 5.34. The van der Waals surface area contributed by atoms with Crippen molar-refractivity contribution in [1.29, 1.82) is 0 Å². The van der Waals surface area contributed by atoms with Gasteiger partial charge in [0.1, 0.15) is 0 Å². The molecule has 10 heteroatoms. The van der Waals surface area contributed by atoms with Crippen LogP contribution in [0.1, 0.15) is 49.4 Å². The number of sulfonamides is 1. The Kier molecular flexibility index (Phi) is 8.09. The Balaban J connectivity index is 1.23. The monoisotopic (exact) mass is 558 g/mol. The van der Waals surface area contributed by atoms with Crippen molar-refractivity contribution in [2.75, 3.05) is 43.9 Å². The number of aromatic nitrogens is 1. The van der Waals surface area contributed by atoms with Gasteiger partial charge in [-0.3, -0.25) is 4.79 Å². The van der Waals surface area contributed by atoms with E-state index in [0.29, 0.717) is 25.2 Å². The number of rotatable bonds is 7. The maximum absolute atomic E-state index is 13.3. The minimum Gasteiger partial charge on any atom is -0.345 e. The molecule has 37 heavy (non-hydrogen) atoms. The van der Waals surface area contributed by atoms with Crippen LogP contribution in [0, 0.1) is 0 Å². The van der Waals surface area contributed by atoms with Gasteiger partial charge in [-0.15, -0.1) is 11.8 Å². The maximum Gasteiger partial charge on any atom is 0.253 e. The third-order valence-corrected chi connectivity index (χ3v) is 11.3. The van der Waals surface area contributed by atoms with Crippen molar-refractivity contribution in [3.63, 3.8) is 0 Å².